The fourth-order valence-corrected chi connectivity index (χ4v) is 2.52. The molecule has 0 spiro atoms. The quantitative estimate of drug-likeness (QED) is 0.118. The van der Waals surface area contributed by atoms with Gasteiger partial charge in [-0.3, -0.25) is 9.59 Å². The molecule has 1 fully saturated rings. The number of nitrogens with zero attached hydrogens (tertiary/aromatic N) is 1. The minimum absolute atomic E-state index is 0.0145. The second-order valence-corrected chi connectivity index (χ2v) is 9.85. The number of nitrogens with two attached hydrogens (primary N) is 1. The normalized spacial score (nSPS) is 15.4. The molecule has 38 heavy (non-hydrogen) atoms. The Kier molecular flexibility index (Phi) is 30.8. The van der Waals surface area contributed by atoms with Crippen molar-refractivity contribution in [1.82, 2.24) is 15.5 Å². The first kappa shape index (κ1) is 40.1. The molecular weight excluding hydrogens is 484 g/mol. The van der Waals surface area contributed by atoms with Crippen molar-refractivity contribution in [2.45, 2.75) is 91.8 Å². The zero-order valence-corrected chi connectivity index (χ0v) is 25.2. The molecule has 3 unspecified atom stereocenters. The van der Waals surface area contributed by atoms with E-state index in [0.29, 0.717) is 37.3 Å². The highest BCUT2D eigenvalue weighted by Crippen LogP contribution is 2.03. The maximum atomic E-state index is 11.4. The summed E-state index contributed by atoms with van der Waals surface area (Å²) in [5.74, 6) is 1.08. The number of rotatable bonds is 16. The molecule has 0 aromatic rings. The van der Waals surface area contributed by atoms with Gasteiger partial charge >= 0.3 is 0 Å². The summed E-state index contributed by atoms with van der Waals surface area (Å²) in [6, 6.07) is 0.136. The number of hydrogen-bond acceptors (Lipinski definition) is 7. The third kappa shape index (κ3) is 33.6. The van der Waals surface area contributed by atoms with Gasteiger partial charge in [0.2, 0.25) is 12.3 Å². The maximum Gasteiger partial charge on any atom is 0.236 e. The Labute approximate surface area is 232 Å². The molecule has 2 amide bonds. The number of carbonyl (C=O) groups excluding carboxylic acids is 4. The molecule has 1 aliphatic rings. The van der Waals surface area contributed by atoms with Crippen molar-refractivity contribution in [1.29, 1.82) is 0 Å². The third-order valence-corrected chi connectivity index (χ3v) is 5.24. The molecule has 1 saturated heterocycles. The molecule has 0 aromatic heterocycles. The van der Waals surface area contributed by atoms with Crippen LogP contribution in [0.3, 0.4) is 0 Å². The Bertz CT molecular complexity index is 634. The van der Waals surface area contributed by atoms with Gasteiger partial charge in [-0.05, 0) is 58.0 Å². The highest BCUT2D eigenvalue weighted by Gasteiger charge is 2.20. The van der Waals surface area contributed by atoms with Crippen molar-refractivity contribution in [3.05, 3.63) is 24.3 Å². The number of amides is 2. The molecule has 4 N–H and O–H groups in total. The van der Waals surface area contributed by atoms with E-state index in [2.05, 4.69) is 93.2 Å². The maximum absolute atomic E-state index is 11.4. The number of aldehydes is 2. The van der Waals surface area contributed by atoms with E-state index in [0.717, 1.165) is 51.3 Å². The highest BCUT2D eigenvalue weighted by molar-refractivity contribution is 5.81. The molecule has 0 bridgehead atoms. The van der Waals surface area contributed by atoms with Crippen molar-refractivity contribution in [2.75, 3.05) is 33.8 Å². The molecular formula is C29H56N4O5. The van der Waals surface area contributed by atoms with Gasteiger partial charge in [0.25, 0.3) is 0 Å². The summed E-state index contributed by atoms with van der Waals surface area (Å²) in [7, 11) is 3.68. The summed E-state index contributed by atoms with van der Waals surface area (Å²) < 4.78 is 4.49. The lowest BCUT2D eigenvalue weighted by molar-refractivity contribution is -0.122. The average molecular weight is 541 g/mol. The number of unbranched alkanes of at least 4 members (excludes halogenated alkanes) is 2. The molecule has 3 atom stereocenters. The van der Waals surface area contributed by atoms with Crippen LogP contribution in [0, 0.1) is 11.8 Å². The fraction of sp³-hybridized carbons (Fsp3) is 0.724. The Morgan fingerprint density at radius 3 is 2.08 bits per heavy atom. The summed E-state index contributed by atoms with van der Waals surface area (Å²) in [6.07, 6.45) is 15.2. The van der Waals surface area contributed by atoms with Gasteiger partial charge in [0, 0.05) is 26.1 Å². The molecule has 1 rings (SSSR count). The molecule has 0 saturated carbocycles. The lowest BCUT2D eigenvalue weighted by atomic mass is 10.0. The monoisotopic (exact) mass is 540 g/mol. The van der Waals surface area contributed by atoms with E-state index in [1.54, 1.807) is 7.05 Å². The smallest absolute Gasteiger partial charge is 0.236 e. The topological polar surface area (TPSA) is 134 Å². The Morgan fingerprint density at radius 2 is 1.68 bits per heavy atom. The van der Waals surface area contributed by atoms with Gasteiger partial charge in [-0.25, -0.2) is 0 Å². The number of epoxide rings is 1. The predicted octanol–water partition coefficient (Wildman–Crippen LogP) is 3.28. The summed E-state index contributed by atoms with van der Waals surface area (Å²) in [4.78, 5) is 42.3. The summed E-state index contributed by atoms with van der Waals surface area (Å²) >= 11 is 0. The van der Waals surface area contributed by atoms with Gasteiger partial charge in [-0.15, -0.1) is 0 Å². The second-order valence-electron chi connectivity index (χ2n) is 9.85. The number of ether oxygens (including phenoxy) is 1. The molecule has 222 valence electrons. The lowest BCUT2D eigenvalue weighted by Crippen LogP contribution is -2.41. The van der Waals surface area contributed by atoms with Crippen LogP contribution >= 0.6 is 0 Å². The van der Waals surface area contributed by atoms with Crippen molar-refractivity contribution >= 4 is 24.9 Å². The summed E-state index contributed by atoms with van der Waals surface area (Å²) in [5.41, 5.74) is 5.72. The van der Waals surface area contributed by atoms with E-state index in [1.807, 2.05) is 0 Å². The first-order chi connectivity index (χ1) is 18.0. The van der Waals surface area contributed by atoms with Gasteiger partial charge in [0.15, 0.2) is 6.29 Å². The number of likely N-dealkylation sites (N-methyl/N-ethyl adjacent to an activating group) is 1. The standard InChI is InChI=1S/C13H23NO.C11H24N2O.C3H4O2.C2H5NO/c1-4-14(3)13(2)11-9-7-5-6-8-10-12-15;1-8(2)5-6-13-11(14)10(12)7-9(3)4;4-1-3-2-5-3;1-3-2-4/h5,7,9,11-13H,4,6,8,10H2,1-3H3;8-10H,5-7,12H2,1-4H3,(H,13,14);1,3H,2H2;2H,1H3,(H,3,4)/b7-5-,11-9-;;;. The second kappa shape index (κ2) is 29.2. The van der Waals surface area contributed by atoms with Crippen LogP contribution in [0.2, 0.25) is 0 Å². The number of carbonyl (C=O) groups is 4. The Hall–Kier alpha value is -2.36. The summed E-state index contributed by atoms with van der Waals surface area (Å²) in [5, 5.41) is 5.11. The van der Waals surface area contributed by atoms with E-state index in [4.69, 9.17) is 10.5 Å². The number of allylic oxidation sites excluding steroid dienone is 3. The van der Waals surface area contributed by atoms with E-state index in [1.165, 1.54) is 0 Å². The third-order valence-electron chi connectivity index (χ3n) is 5.24. The molecule has 9 heteroatoms. The SMILES string of the molecule is CC(C)CCNC(=O)C(N)CC(C)C.CCN(C)C(C)/C=C\C=C/CCCC=O.CNC=O.O=CC1CO1. The first-order valence-electron chi connectivity index (χ1n) is 13.7. The molecule has 1 heterocycles. The van der Waals surface area contributed by atoms with Crippen molar-refractivity contribution in [3.63, 3.8) is 0 Å². The molecule has 0 aromatic carbocycles. The Morgan fingerprint density at radius 1 is 1.08 bits per heavy atom. The number of hydrogen-bond donors (Lipinski definition) is 3. The lowest BCUT2D eigenvalue weighted by Gasteiger charge is -2.19. The van der Waals surface area contributed by atoms with Crippen LogP contribution in [0.15, 0.2) is 24.3 Å². The summed E-state index contributed by atoms with van der Waals surface area (Å²) in [6.45, 7) is 15.2. The van der Waals surface area contributed by atoms with Crippen LogP contribution in [0.5, 0.6) is 0 Å². The van der Waals surface area contributed by atoms with Crippen LogP contribution < -0.4 is 16.4 Å². The van der Waals surface area contributed by atoms with Gasteiger partial charge in [0.1, 0.15) is 12.4 Å². The van der Waals surface area contributed by atoms with E-state index >= 15 is 0 Å². The Balaban J connectivity index is -0.000000487. The van der Waals surface area contributed by atoms with E-state index < -0.39 is 0 Å². The molecule has 9 nitrogen and oxygen atoms in total. The number of nitrogens with one attached hydrogen (secondary N) is 2. The van der Waals surface area contributed by atoms with E-state index in [9.17, 15) is 14.4 Å². The zero-order chi connectivity index (χ0) is 29.8. The first-order valence-corrected chi connectivity index (χ1v) is 13.7. The predicted molar refractivity (Wildman–Crippen MR) is 157 cm³/mol. The average Bonchev–Trinajstić information content (AvgIpc) is 3.72. The van der Waals surface area contributed by atoms with Gasteiger partial charge in [-0.2, -0.15) is 0 Å². The fourth-order valence-electron chi connectivity index (χ4n) is 2.52. The largest absolute Gasteiger partial charge is 0.365 e. The van der Waals surface area contributed by atoms with Crippen LogP contribution in [0.1, 0.15) is 73.6 Å². The van der Waals surface area contributed by atoms with Gasteiger partial charge in [0.05, 0.1) is 12.6 Å². The van der Waals surface area contributed by atoms with Crippen LogP contribution in [-0.2, 0) is 23.9 Å². The van der Waals surface area contributed by atoms with E-state index in [-0.39, 0.29) is 18.1 Å². The highest BCUT2D eigenvalue weighted by atomic mass is 16.6. The van der Waals surface area contributed by atoms with Crippen LogP contribution in [0.25, 0.3) is 0 Å². The van der Waals surface area contributed by atoms with Crippen molar-refractivity contribution < 1.29 is 23.9 Å². The van der Waals surface area contributed by atoms with Crippen molar-refractivity contribution in [2.24, 2.45) is 17.6 Å². The van der Waals surface area contributed by atoms with Gasteiger partial charge in [-0.1, -0.05) is 58.9 Å². The zero-order valence-electron chi connectivity index (χ0n) is 25.2. The molecule has 0 aliphatic carbocycles. The molecule has 1 aliphatic heterocycles. The van der Waals surface area contributed by atoms with Crippen LogP contribution in [-0.4, -0.2) is 81.8 Å². The minimum Gasteiger partial charge on any atom is -0.365 e. The van der Waals surface area contributed by atoms with Crippen molar-refractivity contribution in [3.8, 4) is 0 Å². The minimum atomic E-state index is -0.345. The molecule has 0 radical (unpaired) electrons. The van der Waals surface area contributed by atoms with Gasteiger partial charge < -0.3 is 35.6 Å². The van der Waals surface area contributed by atoms with Crippen LogP contribution in [0.4, 0.5) is 0 Å².